The highest BCUT2D eigenvalue weighted by Crippen LogP contribution is 2.24. The lowest BCUT2D eigenvalue weighted by atomic mass is 10.1. The SMILES string of the molecule is CCOc1ccc(NC(=O)CN(c2cc(C)ccc2C)S(C)(=O)=O)cc1. The lowest BCUT2D eigenvalue weighted by molar-refractivity contribution is -0.114. The number of anilines is 2. The zero-order chi connectivity index (χ0) is 19.3. The first kappa shape index (κ1) is 19.8. The van der Waals surface area contributed by atoms with Crippen molar-refractivity contribution in [2.45, 2.75) is 20.8 Å². The minimum Gasteiger partial charge on any atom is -0.494 e. The van der Waals surface area contributed by atoms with E-state index in [1.54, 1.807) is 30.3 Å². The molecule has 0 atom stereocenters. The predicted molar refractivity (Wildman–Crippen MR) is 104 cm³/mol. The lowest BCUT2D eigenvalue weighted by Crippen LogP contribution is -2.37. The number of benzene rings is 2. The van der Waals surface area contributed by atoms with Gasteiger partial charge in [-0.05, 0) is 62.2 Å². The van der Waals surface area contributed by atoms with E-state index in [2.05, 4.69) is 5.32 Å². The minimum atomic E-state index is -3.61. The van der Waals surface area contributed by atoms with Crippen molar-refractivity contribution >= 4 is 27.3 Å². The summed E-state index contributed by atoms with van der Waals surface area (Å²) in [6, 6.07) is 12.4. The Kier molecular flexibility index (Phi) is 6.26. The summed E-state index contributed by atoms with van der Waals surface area (Å²) in [5.74, 6) is 0.291. The molecule has 0 aromatic heterocycles. The maximum absolute atomic E-state index is 12.4. The second-order valence-corrected chi connectivity index (χ2v) is 7.97. The summed E-state index contributed by atoms with van der Waals surface area (Å²) in [6.07, 6.45) is 1.10. The van der Waals surface area contributed by atoms with Crippen LogP contribution in [0.25, 0.3) is 0 Å². The smallest absolute Gasteiger partial charge is 0.245 e. The van der Waals surface area contributed by atoms with Gasteiger partial charge in [0.25, 0.3) is 0 Å². The van der Waals surface area contributed by atoms with Crippen molar-refractivity contribution in [3.05, 3.63) is 53.6 Å². The van der Waals surface area contributed by atoms with Gasteiger partial charge in [-0.1, -0.05) is 12.1 Å². The van der Waals surface area contributed by atoms with Crippen LogP contribution in [0.1, 0.15) is 18.1 Å². The quantitative estimate of drug-likeness (QED) is 0.806. The summed E-state index contributed by atoms with van der Waals surface area (Å²) < 4.78 is 30.9. The van der Waals surface area contributed by atoms with Crippen molar-refractivity contribution < 1.29 is 17.9 Å². The molecule has 0 saturated carbocycles. The standard InChI is InChI=1S/C19H24N2O4S/c1-5-25-17-10-8-16(9-11-17)20-19(22)13-21(26(4,23)24)18-12-14(2)6-7-15(18)3/h6-12H,5,13H2,1-4H3,(H,20,22). The number of amides is 1. The molecule has 2 aromatic carbocycles. The van der Waals surface area contributed by atoms with Crippen LogP contribution in [-0.2, 0) is 14.8 Å². The fourth-order valence-electron chi connectivity index (χ4n) is 2.50. The number of hydrogen-bond donors (Lipinski definition) is 1. The molecular formula is C19H24N2O4S. The number of carbonyl (C=O) groups is 1. The second-order valence-electron chi connectivity index (χ2n) is 6.07. The Hall–Kier alpha value is -2.54. The van der Waals surface area contributed by atoms with E-state index in [4.69, 9.17) is 4.74 Å². The largest absolute Gasteiger partial charge is 0.494 e. The third-order valence-corrected chi connectivity index (χ3v) is 4.90. The molecule has 0 heterocycles. The number of sulfonamides is 1. The monoisotopic (exact) mass is 376 g/mol. The van der Waals surface area contributed by atoms with Crippen LogP contribution in [0.2, 0.25) is 0 Å². The fourth-order valence-corrected chi connectivity index (χ4v) is 3.41. The molecule has 26 heavy (non-hydrogen) atoms. The maximum Gasteiger partial charge on any atom is 0.245 e. The highest BCUT2D eigenvalue weighted by molar-refractivity contribution is 7.92. The first-order valence-corrected chi connectivity index (χ1v) is 10.1. The number of nitrogens with one attached hydrogen (secondary N) is 1. The third-order valence-electron chi connectivity index (χ3n) is 3.77. The average Bonchev–Trinajstić information content (AvgIpc) is 2.56. The summed E-state index contributed by atoms with van der Waals surface area (Å²) in [7, 11) is -3.61. The van der Waals surface area contributed by atoms with Crippen molar-refractivity contribution in [1.82, 2.24) is 0 Å². The number of carbonyl (C=O) groups excluding carboxylic acids is 1. The van der Waals surface area contributed by atoms with Gasteiger partial charge in [0.2, 0.25) is 15.9 Å². The summed E-state index contributed by atoms with van der Waals surface area (Å²) in [5, 5.41) is 2.72. The lowest BCUT2D eigenvalue weighted by Gasteiger charge is -2.24. The van der Waals surface area contributed by atoms with E-state index in [0.717, 1.165) is 21.7 Å². The fraction of sp³-hybridized carbons (Fsp3) is 0.316. The minimum absolute atomic E-state index is 0.295. The molecule has 1 amide bonds. The van der Waals surface area contributed by atoms with Crippen molar-refractivity contribution in [3.8, 4) is 5.75 Å². The highest BCUT2D eigenvalue weighted by atomic mass is 32.2. The van der Waals surface area contributed by atoms with Gasteiger partial charge in [-0.15, -0.1) is 0 Å². The highest BCUT2D eigenvalue weighted by Gasteiger charge is 2.22. The molecule has 2 aromatic rings. The van der Waals surface area contributed by atoms with Gasteiger partial charge in [-0.3, -0.25) is 9.10 Å². The molecule has 0 aliphatic heterocycles. The topological polar surface area (TPSA) is 75.7 Å². The molecule has 0 saturated heterocycles. The molecule has 0 radical (unpaired) electrons. The van der Waals surface area contributed by atoms with Gasteiger partial charge in [-0.25, -0.2) is 8.42 Å². The Balaban J connectivity index is 2.18. The number of aryl methyl sites for hydroxylation is 2. The van der Waals surface area contributed by atoms with E-state index in [-0.39, 0.29) is 6.54 Å². The number of hydrogen-bond acceptors (Lipinski definition) is 4. The third kappa shape index (κ3) is 5.23. The van der Waals surface area contributed by atoms with Gasteiger partial charge < -0.3 is 10.1 Å². The number of ether oxygens (including phenoxy) is 1. The molecule has 6 nitrogen and oxygen atoms in total. The van der Waals surface area contributed by atoms with Crippen LogP contribution in [-0.4, -0.2) is 33.7 Å². The van der Waals surface area contributed by atoms with Crippen LogP contribution in [0.4, 0.5) is 11.4 Å². The summed E-state index contributed by atoms with van der Waals surface area (Å²) in [4.78, 5) is 12.4. The molecule has 0 aliphatic rings. The van der Waals surface area contributed by atoms with Crippen LogP contribution in [0.5, 0.6) is 5.75 Å². The average molecular weight is 376 g/mol. The first-order chi connectivity index (χ1) is 12.2. The van der Waals surface area contributed by atoms with Crippen molar-refractivity contribution in [2.24, 2.45) is 0 Å². The van der Waals surface area contributed by atoms with Gasteiger partial charge >= 0.3 is 0 Å². The predicted octanol–water partition coefficient (Wildman–Crippen LogP) is 3.11. The number of nitrogens with zero attached hydrogens (tertiary/aromatic N) is 1. The Bertz CT molecular complexity index is 877. The van der Waals surface area contributed by atoms with E-state index >= 15 is 0 Å². The van der Waals surface area contributed by atoms with Crippen molar-refractivity contribution in [3.63, 3.8) is 0 Å². The van der Waals surface area contributed by atoms with Gasteiger partial charge in [-0.2, -0.15) is 0 Å². The zero-order valence-corrected chi connectivity index (χ0v) is 16.3. The van der Waals surface area contributed by atoms with E-state index in [0.29, 0.717) is 23.7 Å². The van der Waals surface area contributed by atoms with E-state index in [9.17, 15) is 13.2 Å². The van der Waals surface area contributed by atoms with Crippen LogP contribution in [0, 0.1) is 13.8 Å². The normalized spacial score (nSPS) is 11.1. The van der Waals surface area contributed by atoms with E-state index in [1.165, 1.54) is 0 Å². The van der Waals surface area contributed by atoms with E-state index < -0.39 is 15.9 Å². The van der Waals surface area contributed by atoms with Gasteiger partial charge in [0.05, 0.1) is 18.6 Å². The van der Waals surface area contributed by atoms with Crippen LogP contribution in [0.15, 0.2) is 42.5 Å². The molecule has 140 valence electrons. The van der Waals surface area contributed by atoms with Crippen LogP contribution < -0.4 is 14.4 Å². The van der Waals surface area contributed by atoms with E-state index in [1.807, 2.05) is 32.9 Å². The Morgan fingerprint density at radius 3 is 2.35 bits per heavy atom. The molecule has 0 bridgehead atoms. The molecule has 0 spiro atoms. The molecule has 1 N–H and O–H groups in total. The van der Waals surface area contributed by atoms with Crippen LogP contribution in [0.3, 0.4) is 0 Å². The Morgan fingerprint density at radius 2 is 1.77 bits per heavy atom. The summed E-state index contributed by atoms with van der Waals surface area (Å²) in [5.41, 5.74) is 2.79. The number of rotatable bonds is 7. The second kappa shape index (κ2) is 8.23. The summed E-state index contributed by atoms with van der Waals surface area (Å²) >= 11 is 0. The molecule has 2 rings (SSSR count). The summed E-state index contributed by atoms with van der Waals surface area (Å²) in [6.45, 7) is 5.85. The van der Waals surface area contributed by atoms with Gasteiger partial charge in [0, 0.05) is 5.69 Å². The maximum atomic E-state index is 12.4. The van der Waals surface area contributed by atoms with Gasteiger partial charge in [0.1, 0.15) is 12.3 Å². The Morgan fingerprint density at radius 1 is 1.12 bits per heavy atom. The zero-order valence-electron chi connectivity index (χ0n) is 15.4. The van der Waals surface area contributed by atoms with Crippen molar-refractivity contribution in [2.75, 3.05) is 29.0 Å². The molecule has 0 unspecified atom stereocenters. The Labute approximate surface area is 154 Å². The molecule has 0 aliphatic carbocycles. The van der Waals surface area contributed by atoms with Gasteiger partial charge in [0.15, 0.2) is 0 Å². The van der Waals surface area contributed by atoms with Crippen LogP contribution >= 0.6 is 0 Å². The van der Waals surface area contributed by atoms with Crippen molar-refractivity contribution in [1.29, 1.82) is 0 Å². The first-order valence-electron chi connectivity index (χ1n) is 8.28. The molecule has 0 fully saturated rings. The molecular weight excluding hydrogens is 352 g/mol. The molecule has 7 heteroatoms.